The van der Waals surface area contributed by atoms with Gasteiger partial charge in [0.15, 0.2) is 0 Å². The molecule has 1 rings (SSSR count). The summed E-state index contributed by atoms with van der Waals surface area (Å²) >= 11 is 5.44. The lowest BCUT2D eigenvalue weighted by Crippen LogP contribution is -1.94. The molecule has 0 unspecified atom stereocenters. The van der Waals surface area contributed by atoms with Gasteiger partial charge in [0, 0.05) is 18.1 Å². The van der Waals surface area contributed by atoms with Crippen LogP contribution in [-0.4, -0.2) is 15.8 Å². The fourth-order valence-electron chi connectivity index (χ4n) is 0.994. The highest BCUT2D eigenvalue weighted by molar-refractivity contribution is 6.19. The number of pyridine rings is 1. The van der Waals surface area contributed by atoms with Crippen LogP contribution >= 0.6 is 11.6 Å². The van der Waals surface area contributed by atoms with E-state index in [0.717, 1.165) is 0 Å². The number of aromatic nitrogens is 1. The predicted molar refractivity (Wildman–Crippen MR) is 55.4 cm³/mol. The van der Waals surface area contributed by atoms with E-state index in [4.69, 9.17) is 11.6 Å². The molecule has 0 saturated carbocycles. The minimum atomic E-state index is -0.444. The van der Waals surface area contributed by atoms with E-state index in [2.05, 4.69) is 4.98 Å². The highest BCUT2D eigenvalue weighted by Crippen LogP contribution is 2.17. The number of rotatable bonds is 3. The van der Waals surface area contributed by atoms with Crippen molar-refractivity contribution in [2.24, 2.45) is 0 Å². The van der Waals surface area contributed by atoms with Crippen molar-refractivity contribution in [1.29, 1.82) is 0 Å². The molecule has 1 aromatic rings. The normalized spacial score (nSPS) is 10.7. The summed E-state index contributed by atoms with van der Waals surface area (Å²) in [6.07, 6.45) is 4.98. The second-order valence-corrected chi connectivity index (χ2v) is 3.00. The van der Waals surface area contributed by atoms with Gasteiger partial charge in [-0.1, -0.05) is 12.2 Å². The van der Waals surface area contributed by atoms with Crippen LogP contribution in [-0.2, 0) is 0 Å². The number of nitrogens with zero attached hydrogens (tertiary/aromatic N) is 2. The Morgan fingerprint density at radius 3 is 3.00 bits per heavy atom. The second-order valence-electron chi connectivity index (χ2n) is 2.69. The molecule has 1 aromatic heterocycles. The zero-order chi connectivity index (χ0) is 10.6. The van der Waals surface area contributed by atoms with Gasteiger partial charge in [-0.3, -0.25) is 15.1 Å². The smallest absolute Gasteiger partial charge is 0.258 e. The molecule has 5 heteroatoms. The second kappa shape index (κ2) is 4.72. The first-order valence-electron chi connectivity index (χ1n) is 3.98. The Balaban J connectivity index is 3.06. The first-order valence-corrected chi connectivity index (χ1v) is 4.52. The molecule has 14 heavy (non-hydrogen) atoms. The van der Waals surface area contributed by atoms with Crippen LogP contribution in [0.2, 0.25) is 0 Å². The Bertz CT molecular complexity index is 377. The summed E-state index contributed by atoms with van der Waals surface area (Å²) < 4.78 is 0. The van der Waals surface area contributed by atoms with E-state index in [1.807, 2.05) is 0 Å². The molecule has 74 valence electrons. The third-order valence-corrected chi connectivity index (χ3v) is 1.86. The fraction of sp³-hybridized carbons (Fsp3) is 0.222. The molecule has 0 aliphatic carbocycles. The quantitative estimate of drug-likeness (QED) is 0.440. The maximum Gasteiger partial charge on any atom is 0.291 e. The van der Waals surface area contributed by atoms with E-state index in [1.165, 1.54) is 6.07 Å². The number of allylic oxidation sites excluding steroid dienone is 1. The number of nitro groups is 1. The van der Waals surface area contributed by atoms with Gasteiger partial charge in [0.05, 0.1) is 4.92 Å². The van der Waals surface area contributed by atoms with Crippen LogP contribution in [0, 0.1) is 17.0 Å². The highest BCUT2D eigenvalue weighted by Gasteiger charge is 2.10. The Hall–Kier alpha value is -1.42. The molecule has 0 amide bonds. The average molecular weight is 213 g/mol. The van der Waals surface area contributed by atoms with Crippen molar-refractivity contribution < 1.29 is 4.92 Å². The van der Waals surface area contributed by atoms with Gasteiger partial charge in [0.25, 0.3) is 5.69 Å². The topological polar surface area (TPSA) is 56.0 Å². The van der Waals surface area contributed by atoms with E-state index < -0.39 is 4.92 Å². The van der Waals surface area contributed by atoms with Crippen molar-refractivity contribution in [3.63, 3.8) is 0 Å². The van der Waals surface area contributed by atoms with Crippen LogP contribution in [0.15, 0.2) is 18.3 Å². The zero-order valence-corrected chi connectivity index (χ0v) is 8.36. The van der Waals surface area contributed by atoms with Crippen molar-refractivity contribution >= 4 is 23.4 Å². The number of halogens is 1. The molecule has 0 atom stereocenters. The molecule has 0 bridgehead atoms. The van der Waals surface area contributed by atoms with Crippen molar-refractivity contribution in [3.8, 4) is 0 Å². The Morgan fingerprint density at radius 2 is 2.43 bits per heavy atom. The van der Waals surface area contributed by atoms with E-state index in [0.29, 0.717) is 17.1 Å². The molecule has 0 spiro atoms. The molecule has 0 aliphatic heterocycles. The fourth-order valence-corrected chi connectivity index (χ4v) is 1.08. The summed E-state index contributed by atoms with van der Waals surface area (Å²) in [5.41, 5.74) is 1.13. The third-order valence-electron chi connectivity index (χ3n) is 1.68. The molecule has 0 aliphatic rings. The van der Waals surface area contributed by atoms with Gasteiger partial charge in [-0.2, -0.15) is 0 Å². The van der Waals surface area contributed by atoms with E-state index >= 15 is 0 Å². The van der Waals surface area contributed by atoms with E-state index in [-0.39, 0.29) is 5.69 Å². The summed E-state index contributed by atoms with van der Waals surface area (Å²) in [5, 5.41) is 10.6. The maximum absolute atomic E-state index is 10.6. The van der Waals surface area contributed by atoms with Crippen LogP contribution in [0.5, 0.6) is 0 Å². The third kappa shape index (κ3) is 2.53. The Kier molecular flexibility index (Phi) is 3.59. The molecular weight excluding hydrogens is 204 g/mol. The average Bonchev–Trinajstić information content (AvgIpc) is 2.16. The summed E-state index contributed by atoms with van der Waals surface area (Å²) in [6, 6.07) is 1.48. The number of hydrogen-bond acceptors (Lipinski definition) is 3. The van der Waals surface area contributed by atoms with Crippen LogP contribution in [0.3, 0.4) is 0 Å². The summed E-state index contributed by atoms with van der Waals surface area (Å²) in [7, 11) is 0. The van der Waals surface area contributed by atoms with Gasteiger partial charge in [-0.05, 0) is 12.5 Å². The van der Waals surface area contributed by atoms with Crippen LogP contribution in [0.1, 0.15) is 11.3 Å². The van der Waals surface area contributed by atoms with Crippen molar-refractivity contribution in [3.05, 3.63) is 39.7 Å². The SMILES string of the molecule is Cc1ncc(C=CCCl)cc1[N+](=O)[O-]. The monoisotopic (exact) mass is 212 g/mol. The molecule has 1 heterocycles. The van der Waals surface area contributed by atoms with Gasteiger partial charge >= 0.3 is 0 Å². The first-order chi connectivity index (χ1) is 6.65. The van der Waals surface area contributed by atoms with E-state index in [9.17, 15) is 10.1 Å². The van der Waals surface area contributed by atoms with Crippen LogP contribution < -0.4 is 0 Å². The van der Waals surface area contributed by atoms with Gasteiger partial charge in [0.2, 0.25) is 0 Å². The van der Waals surface area contributed by atoms with Gasteiger partial charge in [0.1, 0.15) is 5.69 Å². The molecule has 0 radical (unpaired) electrons. The molecule has 0 aromatic carbocycles. The molecule has 0 N–H and O–H groups in total. The number of alkyl halides is 1. The molecule has 0 saturated heterocycles. The summed E-state index contributed by atoms with van der Waals surface area (Å²) in [6.45, 7) is 1.60. The zero-order valence-electron chi connectivity index (χ0n) is 7.61. The van der Waals surface area contributed by atoms with E-state index in [1.54, 1.807) is 25.3 Å². The lowest BCUT2D eigenvalue weighted by molar-refractivity contribution is -0.385. The molecular formula is C9H9ClN2O2. The Morgan fingerprint density at radius 1 is 1.71 bits per heavy atom. The standard InChI is InChI=1S/C9H9ClN2O2/c1-7-9(12(13)14)5-8(6-11-7)3-2-4-10/h2-3,5-6H,4H2,1H3. The van der Waals surface area contributed by atoms with Gasteiger partial charge in [-0.15, -0.1) is 11.6 Å². The van der Waals surface area contributed by atoms with Crippen molar-refractivity contribution in [1.82, 2.24) is 4.98 Å². The van der Waals surface area contributed by atoms with Crippen molar-refractivity contribution in [2.75, 3.05) is 5.88 Å². The number of hydrogen-bond donors (Lipinski definition) is 0. The van der Waals surface area contributed by atoms with Crippen molar-refractivity contribution in [2.45, 2.75) is 6.92 Å². The summed E-state index contributed by atoms with van der Waals surface area (Å²) in [4.78, 5) is 14.0. The highest BCUT2D eigenvalue weighted by atomic mass is 35.5. The van der Waals surface area contributed by atoms with Crippen LogP contribution in [0.25, 0.3) is 6.08 Å². The lowest BCUT2D eigenvalue weighted by atomic mass is 10.2. The van der Waals surface area contributed by atoms with Crippen LogP contribution in [0.4, 0.5) is 5.69 Å². The van der Waals surface area contributed by atoms with Gasteiger partial charge < -0.3 is 0 Å². The predicted octanol–water partition coefficient (Wildman–Crippen LogP) is 2.55. The Labute approximate surface area is 86.4 Å². The largest absolute Gasteiger partial charge is 0.291 e. The molecule has 4 nitrogen and oxygen atoms in total. The number of aryl methyl sites for hydroxylation is 1. The summed E-state index contributed by atoms with van der Waals surface area (Å²) in [5.74, 6) is 0.377. The first kappa shape index (κ1) is 10.7. The maximum atomic E-state index is 10.6. The minimum Gasteiger partial charge on any atom is -0.258 e. The lowest BCUT2D eigenvalue weighted by Gasteiger charge is -1.97. The van der Waals surface area contributed by atoms with Gasteiger partial charge in [-0.25, -0.2) is 0 Å². The minimum absolute atomic E-state index is 0.0294. The molecule has 0 fully saturated rings.